The van der Waals surface area contributed by atoms with Crippen LogP contribution in [0.2, 0.25) is 5.02 Å². The van der Waals surface area contributed by atoms with E-state index in [1.807, 2.05) is 0 Å². The monoisotopic (exact) mass is 244 g/mol. The molecule has 0 amide bonds. The van der Waals surface area contributed by atoms with Crippen molar-refractivity contribution < 1.29 is 8.42 Å². The van der Waals surface area contributed by atoms with Crippen LogP contribution in [0.5, 0.6) is 0 Å². The van der Waals surface area contributed by atoms with Gasteiger partial charge in [-0.3, -0.25) is 4.72 Å². The fraction of sp³-hybridized carbons (Fsp3) is 0.222. The minimum atomic E-state index is -3.47. The summed E-state index contributed by atoms with van der Waals surface area (Å²) in [7, 11) is -3.47. The van der Waals surface area contributed by atoms with Gasteiger partial charge in [0, 0.05) is 5.02 Å². The van der Waals surface area contributed by atoms with E-state index < -0.39 is 10.0 Å². The summed E-state index contributed by atoms with van der Waals surface area (Å²) in [4.78, 5) is 4.26. The van der Waals surface area contributed by atoms with E-state index in [9.17, 15) is 8.42 Å². The molecule has 6 heteroatoms. The standard InChI is InChI=1S/C9H9ClN2O2S/c1-5-3-9-8(4-7(5)10)11-6(2)12-15(9,13)14/h3-4H,1-2H3,(H,11,12). The lowest BCUT2D eigenvalue weighted by atomic mass is 10.2. The molecule has 1 N–H and O–H groups in total. The van der Waals surface area contributed by atoms with E-state index >= 15 is 0 Å². The highest BCUT2D eigenvalue weighted by Crippen LogP contribution is 2.32. The molecule has 0 spiro atoms. The summed E-state index contributed by atoms with van der Waals surface area (Å²) in [6, 6.07) is 3.09. The number of hydrogen-bond donors (Lipinski definition) is 1. The van der Waals surface area contributed by atoms with Crippen molar-refractivity contribution in [2.45, 2.75) is 18.7 Å². The molecule has 0 saturated heterocycles. The molecule has 0 aliphatic carbocycles. The van der Waals surface area contributed by atoms with Crippen LogP contribution >= 0.6 is 11.6 Å². The Balaban J connectivity index is 2.80. The summed E-state index contributed by atoms with van der Waals surface area (Å²) < 4.78 is 25.8. The lowest BCUT2D eigenvalue weighted by Gasteiger charge is -2.16. The van der Waals surface area contributed by atoms with Crippen molar-refractivity contribution in [1.82, 2.24) is 4.72 Å². The highest BCUT2D eigenvalue weighted by molar-refractivity contribution is 7.90. The predicted molar refractivity (Wildman–Crippen MR) is 59.3 cm³/mol. The van der Waals surface area contributed by atoms with E-state index in [0.717, 1.165) is 5.56 Å². The van der Waals surface area contributed by atoms with Gasteiger partial charge in [0.05, 0.1) is 5.69 Å². The lowest BCUT2D eigenvalue weighted by molar-refractivity contribution is 0.591. The molecular formula is C9H9ClN2O2S. The number of aryl methyl sites for hydroxylation is 1. The van der Waals surface area contributed by atoms with Crippen LogP contribution in [0, 0.1) is 6.92 Å². The Hall–Kier alpha value is -1.07. The number of nitrogens with one attached hydrogen (secondary N) is 1. The average molecular weight is 245 g/mol. The number of hydrogen-bond acceptors (Lipinski definition) is 3. The van der Waals surface area contributed by atoms with E-state index in [-0.39, 0.29) is 4.90 Å². The summed E-state index contributed by atoms with van der Waals surface area (Å²) in [6.45, 7) is 3.34. The summed E-state index contributed by atoms with van der Waals surface area (Å²) in [5.41, 5.74) is 1.11. The molecule has 1 aromatic rings. The van der Waals surface area contributed by atoms with Gasteiger partial charge in [0.1, 0.15) is 10.7 Å². The molecular weight excluding hydrogens is 236 g/mol. The molecule has 2 rings (SSSR count). The van der Waals surface area contributed by atoms with Crippen LogP contribution in [0.3, 0.4) is 0 Å². The second-order valence-electron chi connectivity index (χ2n) is 3.37. The van der Waals surface area contributed by atoms with Crippen molar-refractivity contribution in [2.24, 2.45) is 4.99 Å². The smallest absolute Gasteiger partial charge is 0.264 e. The van der Waals surface area contributed by atoms with Crippen molar-refractivity contribution in [1.29, 1.82) is 0 Å². The van der Waals surface area contributed by atoms with Crippen molar-refractivity contribution >= 4 is 33.1 Å². The highest BCUT2D eigenvalue weighted by atomic mass is 35.5. The first-order chi connectivity index (χ1) is 6.90. The van der Waals surface area contributed by atoms with Gasteiger partial charge in [-0.05, 0) is 31.5 Å². The van der Waals surface area contributed by atoms with Crippen LogP contribution in [0.15, 0.2) is 22.0 Å². The first-order valence-electron chi connectivity index (χ1n) is 4.28. The third kappa shape index (κ3) is 1.72. The van der Waals surface area contributed by atoms with Gasteiger partial charge < -0.3 is 0 Å². The molecule has 15 heavy (non-hydrogen) atoms. The molecule has 1 aliphatic rings. The van der Waals surface area contributed by atoms with Crippen molar-refractivity contribution in [3.8, 4) is 0 Å². The summed E-state index contributed by atoms with van der Waals surface area (Å²) in [5, 5.41) is 0.516. The maximum atomic E-state index is 11.7. The second-order valence-corrected chi connectivity index (χ2v) is 5.43. The van der Waals surface area contributed by atoms with E-state index in [4.69, 9.17) is 11.6 Å². The molecule has 4 nitrogen and oxygen atoms in total. The molecule has 0 bridgehead atoms. The van der Waals surface area contributed by atoms with Crippen LogP contribution in [0.25, 0.3) is 0 Å². The molecule has 0 fully saturated rings. The van der Waals surface area contributed by atoms with Crippen LogP contribution in [-0.2, 0) is 10.0 Å². The van der Waals surface area contributed by atoms with Gasteiger partial charge in [0.2, 0.25) is 0 Å². The van der Waals surface area contributed by atoms with Crippen LogP contribution in [0.1, 0.15) is 12.5 Å². The number of halogens is 1. The van der Waals surface area contributed by atoms with Crippen molar-refractivity contribution in [2.75, 3.05) is 0 Å². The highest BCUT2D eigenvalue weighted by Gasteiger charge is 2.24. The Morgan fingerprint density at radius 1 is 1.33 bits per heavy atom. The van der Waals surface area contributed by atoms with E-state index in [1.54, 1.807) is 19.9 Å². The summed E-state index contributed by atoms with van der Waals surface area (Å²) in [5.74, 6) is 0.349. The lowest BCUT2D eigenvalue weighted by Crippen LogP contribution is -2.31. The topological polar surface area (TPSA) is 58.5 Å². The zero-order chi connectivity index (χ0) is 11.2. The predicted octanol–water partition coefficient (Wildman–Crippen LogP) is 1.99. The number of amidine groups is 1. The Morgan fingerprint density at radius 2 is 2.00 bits per heavy atom. The molecule has 0 unspecified atom stereocenters. The molecule has 1 heterocycles. The summed E-state index contributed by atoms with van der Waals surface area (Å²) >= 11 is 5.90. The zero-order valence-electron chi connectivity index (χ0n) is 8.20. The minimum Gasteiger partial charge on any atom is -0.267 e. The van der Waals surface area contributed by atoms with E-state index in [0.29, 0.717) is 16.5 Å². The normalized spacial score (nSPS) is 17.7. The van der Waals surface area contributed by atoms with Crippen LogP contribution in [0.4, 0.5) is 5.69 Å². The Labute approximate surface area is 93.0 Å². The Kier molecular flexibility index (Phi) is 2.24. The number of fused-ring (bicyclic) bond motifs is 1. The Bertz CT molecular complexity index is 564. The fourth-order valence-corrected chi connectivity index (χ4v) is 2.81. The fourth-order valence-electron chi connectivity index (χ4n) is 1.40. The van der Waals surface area contributed by atoms with E-state index in [1.165, 1.54) is 6.07 Å². The average Bonchev–Trinajstić information content (AvgIpc) is 2.07. The van der Waals surface area contributed by atoms with Crippen molar-refractivity contribution in [3.63, 3.8) is 0 Å². The van der Waals surface area contributed by atoms with Gasteiger partial charge in [-0.2, -0.15) is 0 Å². The molecule has 0 aromatic heterocycles. The van der Waals surface area contributed by atoms with Gasteiger partial charge in [-0.1, -0.05) is 11.6 Å². The van der Waals surface area contributed by atoms with Crippen LogP contribution < -0.4 is 4.72 Å². The first-order valence-corrected chi connectivity index (χ1v) is 6.14. The molecule has 80 valence electrons. The molecule has 1 aromatic carbocycles. The minimum absolute atomic E-state index is 0.176. The number of benzene rings is 1. The third-order valence-electron chi connectivity index (χ3n) is 2.10. The summed E-state index contributed by atoms with van der Waals surface area (Å²) in [6.07, 6.45) is 0. The third-order valence-corrected chi connectivity index (χ3v) is 3.98. The maximum absolute atomic E-state index is 11.7. The zero-order valence-corrected chi connectivity index (χ0v) is 9.78. The largest absolute Gasteiger partial charge is 0.267 e. The number of sulfonamides is 1. The van der Waals surface area contributed by atoms with Gasteiger partial charge in [-0.15, -0.1) is 0 Å². The second kappa shape index (κ2) is 3.21. The van der Waals surface area contributed by atoms with Crippen molar-refractivity contribution in [3.05, 3.63) is 22.7 Å². The maximum Gasteiger partial charge on any atom is 0.264 e. The van der Waals surface area contributed by atoms with Gasteiger partial charge in [0.15, 0.2) is 0 Å². The van der Waals surface area contributed by atoms with Crippen LogP contribution in [-0.4, -0.2) is 14.3 Å². The molecule has 0 atom stereocenters. The molecule has 1 aliphatic heterocycles. The first kappa shape index (κ1) is 10.4. The van der Waals surface area contributed by atoms with Gasteiger partial charge in [0.25, 0.3) is 10.0 Å². The SMILES string of the molecule is CC1=Nc2cc(Cl)c(C)cc2S(=O)(=O)N1. The van der Waals surface area contributed by atoms with Gasteiger partial charge >= 0.3 is 0 Å². The molecule has 0 saturated carbocycles. The Morgan fingerprint density at radius 3 is 2.67 bits per heavy atom. The molecule has 0 radical (unpaired) electrons. The number of nitrogens with zero attached hydrogens (tertiary/aromatic N) is 1. The van der Waals surface area contributed by atoms with Gasteiger partial charge in [-0.25, -0.2) is 13.4 Å². The number of aliphatic imine (C=N–C) groups is 1. The number of rotatable bonds is 0. The van der Waals surface area contributed by atoms with E-state index in [2.05, 4.69) is 9.71 Å². The quantitative estimate of drug-likeness (QED) is 0.759.